The summed E-state index contributed by atoms with van der Waals surface area (Å²) in [6.45, 7) is 10.0. The quantitative estimate of drug-likeness (QED) is 0.124. The van der Waals surface area contributed by atoms with Gasteiger partial charge in [0.05, 0.1) is 11.2 Å². The van der Waals surface area contributed by atoms with E-state index in [1.807, 2.05) is 54.6 Å². The second kappa shape index (κ2) is 21.3. The lowest BCUT2D eigenvalue weighted by molar-refractivity contribution is 0.272. The Bertz CT molecular complexity index is 1460. The first-order valence-electron chi connectivity index (χ1n) is 13.4. The lowest BCUT2D eigenvalue weighted by Gasteiger charge is -2.21. The molecule has 1 atom stereocenters. The van der Waals surface area contributed by atoms with Gasteiger partial charge in [0.25, 0.3) is 0 Å². The number of nitrogens with zero attached hydrogens (tertiary/aromatic N) is 2. The summed E-state index contributed by atoms with van der Waals surface area (Å²) < 4.78 is 26.6. The van der Waals surface area contributed by atoms with Gasteiger partial charge in [-0.15, -0.1) is 0 Å². The normalized spacial score (nSPS) is 12.4. The van der Waals surface area contributed by atoms with Crippen molar-refractivity contribution in [1.29, 1.82) is 0 Å². The van der Waals surface area contributed by atoms with Crippen molar-refractivity contribution >= 4 is 75.4 Å². The summed E-state index contributed by atoms with van der Waals surface area (Å²) in [6.07, 6.45) is 6.28. The molecule has 0 radical (unpaired) electrons. The maximum atomic E-state index is 8.88. The Hall–Kier alpha value is -1.74. The monoisotopic (exact) mass is 749 g/mol. The zero-order valence-corrected chi connectivity index (χ0v) is 29.3. The Labute approximate surface area is 276 Å². The molecule has 1 heterocycles. The summed E-state index contributed by atoms with van der Waals surface area (Å²) in [5.41, 5.74) is 3.80. The minimum atomic E-state index is -4.64. The third-order valence-electron chi connectivity index (χ3n) is 5.54. The first kappa shape index (κ1) is 44.3. The highest BCUT2D eigenvalue weighted by Gasteiger charge is 2.10. The molecule has 0 spiro atoms. The van der Waals surface area contributed by atoms with Crippen LogP contribution in [0.2, 0.25) is 10.0 Å². The van der Waals surface area contributed by atoms with E-state index >= 15 is 0 Å². The minimum Gasteiger partial charge on any atom is -0.382 e. The number of rotatable bonds is 10. The van der Waals surface area contributed by atoms with Gasteiger partial charge >= 0.3 is 23.5 Å². The molecule has 0 aliphatic carbocycles. The van der Waals surface area contributed by atoms with Crippen molar-refractivity contribution in [1.82, 2.24) is 9.88 Å². The Morgan fingerprint density at radius 2 is 1.35 bits per heavy atom. The van der Waals surface area contributed by atoms with Crippen molar-refractivity contribution in [2.45, 2.75) is 39.7 Å². The first-order valence-corrected chi connectivity index (χ1v) is 18.8. The number of pyridine rings is 1. The van der Waals surface area contributed by atoms with Crippen molar-refractivity contribution in [3.8, 4) is 0 Å². The molecular weight excluding hydrogens is 710 g/mol. The van der Waals surface area contributed by atoms with Gasteiger partial charge in [-0.2, -0.15) is 0 Å². The van der Waals surface area contributed by atoms with Crippen LogP contribution in [0.3, 0.4) is 0 Å². The van der Waals surface area contributed by atoms with Crippen LogP contribution in [0.15, 0.2) is 48.5 Å². The van der Waals surface area contributed by atoms with E-state index in [0.29, 0.717) is 11.1 Å². The van der Waals surface area contributed by atoms with Gasteiger partial charge in [-0.05, 0) is 81.4 Å². The molecule has 1 aromatic heterocycles. The van der Waals surface area contributed by atoms with Gasteiger partial charge in [0.1, 0.15) is 0 Å². The van der Waals surface area contributed by atoms with Crippen LogP contribution in [0.25, 0.3) is 23.1 Å². The lowest BCUT2D eigenvalue weighted by atomic mass is 10.1. The zero-order chi connectivity index (χ0) is 35.7. The van der Waals surface area contributed by atoms with Crippen LogP contribution in [0, 0.1) is 0 Å². The van der Waals surface area contributed by atoms with E-state index in [-0.39, 0.29) is 0 Å². The second-order valence-electron chi connectivity index (χ2n) is 9.37. The largest absolute Gasteiger partial charge is 0.466 e. The van der Waals surface area contributed by atoms with E-state index in [9.17, 15) is 0 Å². The first-order chi connectivity index (χ1) is 21.0. The predicted molar refractivity (Wildman–Crippen MR) is 180 cm³/mol. The van der Waals surface area contributed by atoms with Gasteiger partial charge < -0.3 is 54.3 Å². The number of aromatic nitrogens is 1. The highest BCUT2D eigenvalue weighted by Crippen LogP contribution is 2.29. The van der Waals surface area contributed by atoms with E-state index in [1.165, 1.54) is 6.42 Å². The van der Waals surface area contributed by atoms with E-state index in [4.69, 9.17) is 85.9 Å². The van der Waals surface area contributed by atoms with Gasteiger partial charge in [-0.3, -0.25) is 0 Å². The number of hydrogen-bond acceptors (Lipinski definition) is 6. The van der Waals surface area contributed by atoms with Crippen LogP contribution < -0.4 is 5.32 Å². The Balaban J connectivity index is 0.00000112. The van der Waals surface area contributed by atoms with Crippen LogP contribution in [0.1, 0.15) is 44.9 Å². The highest BCUT2D eigenvalue weighted by atomic mass is 35.5. The topological polar surface area (TPSA) is 261 Å². The number of halogens is 2. The SMILES string of the molecule is CCN(CC)CCCC(C)Nc1cc(/C=C/c2ccccc2Cl)nc2cc(Cl)ccc12.O=P(O)(O)O.O=P(O)(O)O.O=P(O)(O)O. The number of nitrogens with one attached hydrogen (secondary N) is 1. The average molecular weight is 750 g/mol. The molecule has 3 rings (SSSR count). The molecule has 260 valence electrons. The van der Waals surface area contributed by atoms with Crippen LogP contribution in [0.5, 0.6) is 0 Å². The van der Waals surface area contributed by atoms with Gasteiger partial charge in [0, 0.05) is 27.2 Å². The molecule has 0 fully saturated rings. The maximum absolute atomic E-state index is 8.88. The molecule has 0 saturated heterocycles. The number of hydrogen-bond donors (Lipinski definition) is 10. The fourth-order valence-corrected chi connectivity index (χ4v) is 4.08. The molecule has 0 bridgehead atoms. The molecule has 1 unspecified atom stereocenters. The minimum absolute atomic E-state index is 0.359. The fourth-order valence-electron chi connectivity index (χ4n) is 3.71. The predicted octanol–water partition coefficient (Wildman–Crippen LogP) is 4.85. The molecular formula is C26H40Cl2N3O12P3. The number of fused-ring (bicyclic) bond motifs is 1. The standard InChI is InChI=1S/C26H31Cl2N3.3H3O4P/c1-4-31(5-2)16-8-9-19(3)29-26-18-22(14-12-20-10-6-7-11-24(20)28)30-25-17-21(27)13-15-23(25)26;3*1-5(2,3)4/h6-7,10-15,17-19H,4-5,8-9,16H2,1-3H3,(H,29,30);3*(H3,1,2,3,4)/b14-12+;;;. The lowest BCUT2D eigenvalue weighted by Crippen LogP contribution is -2.25. The smallest absolute Gasteiger partial charge is 0.382 e. The van der Waals surface area contributed by atoms with E-state index in [0.717, 1.165) is 58.9 Å². The third kappa shape index (κ3) is 25.4. The molecule has 46 heavy (non-hydrogen) atoms. The molecule has 15 nitrogen and oxygen atoms in total. The Morgan fingerprint density at radius 1 is 0.826 bits per heavy atom. The Kier molecular flexibility index (Phi) is 20.5. The van der Waals surface area contributed by atoms with Crippen molar-refractivity contribution in [3.63, 3.8) is 0 Å². The zero-order valence-electron chi connectivity index (χ0n) is 25.1. The van der Waals surface area contributed by atoms with Crippen LogP contribution in [-0.4, -0.2) is 79.6 Å². The molecule has 0 amide bonds. The summed E-state index contributed by atoms with van der Waals surface area (Å²) in [6, 6.07) is 16.1. The summed E-state index contributed by atoms with van der Waals surface area (Å²) in [4.78, 5) is 71.9. The average Bonchev–Trinajstić information content (AvgIpc) is 2.87. The Morgan fingerprint density at radius 3 is 1.85 bits per heavy atom. The number of anilines is 1. The molecule has 20 heteroatoms. The van der Waals surface area contributed by atoms with Gasteiger partial charge in [-0.1, -0.05) is 61.3 Å². The number of benzene rings is 2. The summed E-state index contributed by atoms with van der Waals surface area (Å²) >= 11 is 12.5. The molecule has 2 aromatic carbocycles. The van der Waals surface area contributed by atoms with Gasteiger partial charge in [0.15, 0.2) is 0 Å². The van der Waals surface area contributed by atoms with E-state index < -0.39 is 23.5 Å². The van der Waals surface area contributed by atoms with Crippen molar-refractivity contribution in [2.24, 2.45) is 0 Å². The van der Waals surface area contributed by atoms with Crippen LogP contribution >= 0.6 is 46.7 Å². The van der Waals surface area contributed by atoms with Gasteiger partial charge in [-0.25, -0.2) is 18.7 Å². The van der Waals surface area contributed by atoms with Crippen molar-refractivity contribution in [2.75, 3.05) is 25.0 Å². The molecule has 10 N–H and O–H groups in total. The molecule has 3 aromatic rings. The maximum Gasteiger partial charge on any atom is 0.466 e. The van der Waals surface area contributed by atoms with Gasteiger partial charge in [0.2, 0.25) is 0 Å². The summed E-state index contributed by atoms with van der Waals surface area (Å²) in [5.74, 6) is 0. The van der Waals surface area contributed by atoms with Crippen molar-refractivity contribution in [3.05, 3.63) is 69.8 Å². The number of phosphoric acid groups is 3. The third-order valence-corrected chi connectivity index (χ3v) is 6.12. The molecule has 0 aliphatic heterocycles. The second-order valence-corrected chi connectivity index (χ2v) is 13.3. The highest BCUT2D eigenvalue weighted by molar-refractivity contribution is 7.45. The van der Waals surface area contributed by atoms with E-state index in [2.05, 4.69) is 37.1 Å². The molecule has 0 aliphatic rings. The van der Waals surface area contributed by atoms with Crippen LogP contribution in [-0.2, 0) is 13.7 Å². The van der Waals surface area contributed by atoms with E-state index in [1.54, 1.807) is 0 Å². The summed E-state index contributed by atoms with van der Waals surface area (Å²) in [5, 5.41) is 6.19. The van der Waals surface area contributed by atoms with Crippen molar-refractivity contribution < 1.29 is 57.7 Å². The molecule has 0 saturated carbocycles. The summed E-state index contributed by atoms with van der Waals surface area (Å²) in [7, 11) is -13.9. The fraction of sp³-hybridized carbons (Fsp3) is 0.346. The van der Waals surface area contributed by atoms with Crippen LogP contribution in [0.4, 0.5) is 5.69 Å².